The Kier molecular flexibility index (Phi) is 5.45. The fraction of sp³-hybridized carbons (Fsp3) is 0.583. The van der Waals surface area contributed by atoms with Crippen molar-refractivity contribution in [1.82, 2.24) is 15.0 Å². The van der Waals surface area contributed by atoms with Gasteiger partial charge in [0.05, 0.1) is 7.11 Å². The zero-order valence-corrected chi connectivity index (χ0v) is 12.1. The normalized spacial score (nSPS) is 13.5. The molecule has 1 heterocycles. The molecule has 5 nitrogen and oxygen atoms in total. The van der Waals surface area contributed by atoms with E-state index in [4.69, 9.17) is 0 Å². The van der Waals surface area contributed by atoms with Gasteiger partial charge in [0.2, 0.25) is 11.8 Å². The molecule has 0 saturated carbocycles. The number of aromatic nitrogens is 2. The molecule has 0 bridgehead atoms. The molecular weight excluding hydrogens is 292 g/mol. The number of hydrogen-bond acceptors (Lipinski definition) is 5. The largest absolute Gasteiger partial charge is 0.480 e. The summed E-state index contributed by atoms with van der Waals surface area (Å²) in [5.74, 6) is -2.65. The molecule has 1 atom stereocenters. The van der Waals surface area contributed by atoms with Crippen LogP contribution in [0.3, 0.4) is 0 Å². The highest BCUT2D eigenvalue weighted by molar-refractivity contribution is 5.56. The summed E-state index contributed by atoms with van der Waals surface area (Å²) < 4.78 is 56.4. The maximum absolute atomic E-state index is 13.7. The van der Waals surface area contributed by atoms with Crippen molar-refractivity contribution in [1.29, 1.82) is 0 Å². The minimum Gasteiger partial charge on any atom is -0.480 e. The molecule has 0 aromatic carbocycles. The first-order valence-corrected chi connectivity index (χ1v) is 6.16. The maximum Gasteiger partial charge on any atom is 0.426 e. The summed E-state index contributed by atoms with van der Waals surface area (Å²) in [5, 5.41) is 5.44. The van der Waals surface area contributed by atoms with Crippen molar-refractivity contribution in [3.05, 3.63) is 17.3 Å². The number of methoxy groups -OCH3 is 1. The molecule has 0 spiro atoms. The zero-order valence-electron chi connectivity index (χ0n) is 12.1. The van der Waals surface area contributed by atoms with Gasteiger partial charge in [0, 0.05) is 13.3 Å². The molecule has 21 heavy (non-hydrogen) atoms. The molecule has 0 amide bonds. The minimum atomic E-state index is -4.93. The van der Waals surface area contributed by atoms with E-state index in [9.17, 15) is 17.6 Å². The van der Waals surface area contributed by atoms with Crippen molar-refractivity contribution in [2.75, 3.05) is 14.2 Å². The van der Waals surface area contributed by atoms with Crippen molar-refractivity contribution < 1.29 is 22.3 Å². The molecule has 0 aliphatic heterocycles. The van der Waals surface area contributed by atoms with Crippen LogP contribution in [0.2, 0.25) is 0 Å². The molecule has 1 unspecified atom stereocenters. The van der Waals surface area contributed by atoms with Crippen molar-refractivity contribution >= 4 is 6.21 Å². The van der Waals surface area contributed by atoms with Crippen LogP contribution in [0.15, 0.2) is 5.10 Å². The Morgan fingerprint density at radius 2 is 2.00 bits per heavy atom. The van der Waals surface area contributed by atoms with Crippen LogP contribution in [0, 0.1) is 5.95 Å². The summed E-state index contributed by atoms with van der Waals surface area (Å²) in [7, 11) is 2.58. The smallest absolute Gasteiger partial charge is 0.426 e. The second kappa shape index (κ2) is 6.68. The molecule has 0 saturated heterocycles. The van der Waals surface area contributed by atoms with Crippen molar-refractivity contribution in [3.8, 4) is 5.88 Å². The highest BCUT2D eigenvalue weighted by atomic mass is 19.4. The van der Waals surface area contributed by atoms with E-state index in [1.165, 1.54) is 5.01 Å². The van der Waals surface area contributed by atoms with Gasteiger partial charge in [-0.15, -0.1) is 0 Å². The molecule has 0 aliphatic rings. The Morgan fingerprint density at radius 1 is 1.38 bits per heavy atom. The second-order valence-corrected chi connectivity index (χ2v) is 4.21. The van der Waals surface area contributed by atoms with Crippen molar-refractivity contribution in [2.24, 2.45) is 5.10 Å². The van der Waals surface area contributed by atoms with E-state index < -0.39 is 29.6 Å². The van der Waals surface area contributed by atoms with Crippen molar-refractivity contribution in [3.63, 3.8) is 0 Å². The van der Waals surface area contributed by atoms with E-state index in [1.807, 2.05) is 6.92 Å². The first-order chi connectivity index (χ1) is 9.72. The predicted octanol–water partition coefficient (Wildman–Crippen LogP) is 3.03. The molecule has 1 aromatic heterocycles. The number of halogens is 4. The first-order valence-electron chi connectivity index (χ1n) is 6.16. The van der Waals surface area contributed by atoms with E-state index in [-0.39, 0.29) is 5.82 Å². The Hall–Kier alpha value is -1.93. The summed E-state index contributed by atoms with van der Waals surface area (Å²) in [6, 6.07) is -0.613. The Morgan fingerprint density at radius 3 is 2.48 bits per heavy atom. The summed E-state index contributed by atoms with van der Waals surface area (Å²) in [6.45, 7) is 3.47. The Labute approximate surface area is 119 Å². The first kappa shape index (κ1) is 17.1. The molecule has 0 N–H and O–H groups in total. The van der Waals surface area contributed by atoms with Gasteiger partial charge >= 0.3 is 6.18 Å². The number of alkyl halides is 3. The highest BCUT2D eigenvalue weighted by Crippen LogP contribution is 2.37. The van der Waals surface area contributed by atoms with E-state index in [0.29, 0.717) is 6.42 Å². The molecule has 0 radical (unpaired) electrons. The van der Waals surface area contributed by atoms with Crippen LogP contribution in [0.5, 0.6) is 5.88 Å². The SMILES string of the molecule is CC/C=N\N(C)C(C)c1nc(F)c(C(F)(F)F)c(OC)n1. The van der Waals surface area contributed by atoms with Crippen LogP contribution in [-0.4, -0.2) is 35.3 Å². The van der Waals surface area contributed by atoms with Gasteiger partial charge in [-0.25, -0.2) is 4.98 Å². The topological polar surface area (TPSA) is 50.6 Å². The average molecular weight is 308 g/mol. The number of hydrazone groups is 1. The Balaban J connectivity index is 3.23. The lowest BCUT2D eigenvalue weighted by molar-refractivity contribution is -0.142. The van der Waals surface area contributed by atoms with Crippen LogP contribution >= 0.6 is 0 Å². The molecule has 118 valence electrons. The van der Waals surface area contributed by atoms with Crippen LogP contribution in [0.4, 0.5) is 17.6 Å². The van der Waals surface area contributed by atoms with Gasteiger partial charge in [-0.3, -0.25) is 5.01 Å². The third-order valence-electron chi connectivity index (χ3n) is 2.71. The number of rotatable bonds is 5. The molecule has 0 fully saturated rings. The van der Waals surface area contributed by atoms with Gasteiger partial charge in [-0.1, -0.05) is 6.92 Å². The molecule has 1 rings (SSSR count). The number of nitrogens with zero attached hydrogens (tertiary/aromatic N) is 4. The summed E-state index contributed by atoms with van der Waals surface area (Å²) in [5.41, 5.74) is -1.61. The van der Waals surface area contributed by atoms with E-state index in [1.54, 1.807) is 20.2 Å². The third-order valence-corrected chi connectivity index (χ3v) is 2.71. The number of hydrogen-bond donors (Lipinski definition) is 0. The lowest BCUT2D eigenvalue weighted by Gasteiger charge is -2.21. The summed E-state index contributed by atoms with van der Waals surface area (Å²) in [6.07, 6.45) is -2.64. The fourth-order valence-electron chi connectivity index (χ4n) is 1.48. The van der Waals surface area contributed by atoms with E-state index in [0.717, 1.165) is 7.11 Å². The van der Waals surface area contributed by atoms with Crippen LogP contribution < -0.4 is 4.74 Å². The third kappa shape index (κ3) is 4.02. The van der Waals surface area contributed by atoms with E-state index in [2.05, 4.69) is 19.8 Å². The average Bonchev–Trinajstić information content (AvgIpc) is 2.41. The van der Waals surface area contributed by atoms with Gasteiger partial charge in [0.1, 0.15) is 6.04 Å². The maximum atomic E-state index is 13.7. The molecule has 9 heteroatoms. The van der Waals surface area contributed by atoms with Crippen LogP contribution in [-0.2, 0) is 6.18 Å². The van der Waals surface area contributed by atoms with Gasteiger partial charge in [0.15, 0.2) is 11.4 Å². The van der Waals surface area contributed by atoms with Gasteiger partial charge in [0.25, 0.3) is 0 Å². The quantitative estimate of drug-likeness (QED) is 0.363. The van der Waals surface area contributed by atoms with Gasteiger partial charge in [-0.2, -0.15) is 27.6 Å². The minimum absolute atomic E-state index is 0.145. The zero-order chi connectivity index (χ0) is 16.2. The molecular formula is C12H16F4N4O. The van der Waals surface area contributed by atoms with Gasteiger partial charge < -0.3 is 4.74 Å². The predicted molar refractivity (Wildman–Crippen MR) is 68.5 cm³/mol. The van der Waals surface area contributed by atoms with Crippen LogP contribution in [0.25, 0.3) is 0 Å². The monoisotopic (exact) mass is 308 g/mol. The lowest BCUT2D eigenvalue weighted by atomic mass is 10.2. The van der Waals surface area contributed by atoms with Gasteiger partial charge in [-0.05, 0) is 13.3 Å². The second-order valence-electron chi connectivity index (χ2n) is 4.21. The highest BCUT2D eigenvalue weighted by Gasteiger charge is 2.40. The Bertz CT molecular complexity index is 519. The summed E-state index contributed by atoms with van der Waals surface area (Å²) in [4.78, 5) is 6.92. The van der Waals surface area contributed by atoms with Crippen molar-refractivity contribution in [2.45, 2.75) is 32.5 Å². The fourth-order valence-corrected chi connectivity index (χ4v) is 1.48. The lowest BCUT2D eigenvalue weighted by Crippen LogP contribution is -2.22. The summed E-state index contributed by atoms with van der Waals surface area (Å²) >= 11 is 0. The van der Waals surface area contributed by atoms with E-state index >= 15 is 0 Å². The molecule has 1 aromatic rings. The standard InChI is InChI=1S/C12H16F4N4O/c1-5-6-17-20(3)7(2)10-18-9(13)8(12(14,15)16)11(19-10)21-4/h6-7H,5H2,1-4H3/b17-6-. The molecule has 0 aliphatic carbocycles. The number of ether oxygens (including phenoxy) is 1. The van der Waals surface area contributed by atoms with Crippen LogP contribution in [0.1, 0.15) is 37.7 Å².